The SMILES string of the molecule is C[C@]12CC[C@@H]3c4cc(O)c(O)cc4CC[C@H]3[C@@H]1CC[C@@]2(O)C(=O)c1ccccc1. The smallest absolute Gasteiger partial charge is 0.194 e. The monoisotopic (exact) mass is 392 g/mol. The Kier molecular flexibility index (Phi) is 4.08. The van der Waals surface area contributed by atoms with E-state index in [1.165, 1.54) is 0 Å². The first-order chi connectivity index (χ1) is 13.8. The molecule has 3 N–H and O–H groups in total. The highest BCUT2D eigenvalue weighted by molar-refractivity contribution is 6.03. The number of rotatable bonds is 2. The van der Waals surface area contributed by atoms with Crippen LogP contribution >= 0.6 is 0 Å². The molecule has 0 bridgehead atoms. The van der Waals surface area contributed by atoms with Crippen LogP contribution in [-0.4, -0.2) is 26.7 Å². The fourth-order valence-corrected chi connectivity index (χ4v) is 6.81. The average Bonchev–Trinajstić information content (AvgIpc) is 3.01. The van der Waals surface area contributed by atoms with E-state index in [9.17, 15) is 20.1 Å². The van der Waals surface area contributed by atoms with Gasteiger partial charge in [-0.25, -0.2) is 0 Å². The number of fused-ring (bicyclic) bond motifs is 5. The Morgan fingerprint density at radius 1 is 1.00 bits per heavy atom. The molecule has 2 aromatic rings. The molecule has 0 aromatic heterocycles. The molecule has 5 atom stereocenters. The summed E-state index contributed by atoms with van der Waals surface area (Å²) in [6.07, 6.45) is 4.90. The highest BCUT2D eigenvalue weighted by Crippen LogP contribution is 2.65. The van der Waals surface area contributed by atoms with Gasteiger partial charge in [0, 0.05) is 11.0 Å². The van der Waals surface area contributed by atoms with Gasteiger partial charge in [-0.2, -0.15) is 0 Å². The third-order valence-corrected chi connectivity index (χ3v) is 8.38. The zero-order valence-electron chi connectivity index (χ0n) is 16.8. The second-order valence-corrected chi connectivity index (χ2v) is 9.51. The average molecular weight is 392 g/mol. The lowest BCUT2D eigenvalue weighted by Crippen LogP contribution is -2.55. The van der Waals surface area contributed by atoms with Crippen molar-refractivity contribution in [3.8, 4) is 11.5 Å². The molecule has 0 spiro atoms. The van der Waals surface area contributed by atoms with Crippen LogP contribution in [0.4, 0.5) is 0 Å². The molecule has 4 nitrogen and oxygen atoms in total. The summed E-state index contributed by atoms with van der Waals surface area (Å²) < 4.78 is 0. The van der Waals surface area contributed by atoms with Crippen LogP contribution < -0.4 is 0 Å². The second kappa shape index (κ2) is 6.33. The zero-order chi connectivity index (χ0) is 20.4. The van der Waals surface area contributed by atoms with Crippen molar-refractivity contribution < 1.29 is 20.1 Å². The molecule has 0 aliphatic heterocycles. The van der Waals surface area contributed by atoms with Crippen LogP contribution in [-0.2, 0) is 6.42 Å². The summed E-state index contributed by atoms with van der Waals surface area (Å²) in [6.45, 7) is 2.12. The Balaban J connectivity index is 1.50. The highest BCUT2D eigenvalue weighted by atomic mass is 16.3. The van der Waals surface area contributed by atoms with E-state index in [2.05, 4.69) is 6.92 Å². The first-order valence-corrected chi connectivity index (χ1v) is 10.7. The summed E-state index contributed by atoms with van der Waals surface area (Å²) in [5, 5.41) is 31.6. The molecule has 5 rings (SSSR count). The van der Waals surface area contributed by atoms with Crippen molar-refractivity contribution in [1.82, 2.24) is 0 Å². The first-order valence-electron chi connectivity index (χ1n) is 10.7. The predicted octanol–water partition coefficient (Wildman–Crippen LogP) is 4.57. The standard InChI is InChI=1S/C25H28O4/c1-24-11-9-17-18(8-7-16-13-21(26)22(27)14-19(16)17)20(24)10-12-25(24,29)23(28)15-5-3-2-4-6-15/h2-6,13-14,17-18,20,26-27,29H,7-12H2,1H3/t17-,18+,20-,24-,25+/m0/s1. The number of carbonyl (C=O) groups excluding carboxylic acids is 1. The van der Waals surface area contributed by atoms with Crippen molar-refractivity contribution in [2.24, 2.45) is 17.3 Å². The van der Waals surface area contributed by atoms with Crippen molar-refractivity contribution in [3.63, 3.8) is 0 Å². The molecule has 4 heteroatoms. The number of phenolic OH excluding ortho intramolecular Hbond substituents is 2. The molecule has 0 heterocycles. The van der Waals surface area contributed by atoms with Gasteiger partial charge in [0.2, 0.25) is 0 Å². The topological polar surface area (TPSA) is 77.8 Å². The van der Waals surface area contributed by atoms with Crippen LogP contribution in [0.3, 0.4) is 0 Å². The quantitative estimate of drug-likeness (QED) is 0.517. The number of benzene rings is 2. The molecule has 0 unspecified atom stereocenters. The largest absolute Gasteiger partial charge is 0.504 e. The maximum atomic E-state index is 13.4. The highest BCUT2D eigenvalue weighted by Gasteiger charge is 2.64. The molecule has 0 radical (unpaired) electrons. The molecule has 3 aliphatic carbocycles. The lowest BCUT2D eigenvalue weighted by molar-refractivity contribution is -0.0773. The van der Waals surface area contributed by atoms with Crippen molar-refractivity contribution in [2.45, 2.75) is 57.0 Å². The number of hydrogen-bond donors (Lipinski definition) is 3. The second-order valence-electron chi connectivity index (χ2n) is 9.51. The van der Waals surface area contributed by atoms with Gasteiger partial charge in [-0.3, -0.25) is 4.79 Å². The molecular formula is C25H28O4. The molecule has 29 heavy (non-hydrogen) atoms. The summed E-state index contributed by atoms with van der Waals surface area (Å²) in [6, 6.07) is 12.6. The van der Waals surface area contributed by atoms with Gasteiger partial charge in [-0.15, -0.1) is 0 Å². The van der Waals surface area contributed by atoms with E-state index in [1.54, 1.807) is 24.3 Å². The van der Waals surface area contributed by atoms with Gasteiger partial charge in [-0.1, -0.05) is 37.3 Å². The third-order valence-electron chi connectivity index (χ3n) is 8.38. The number of aliphatic hydroxyl groups is 1. The molecule has 2 aromatic carbocycles. The molecule has 152 valence electrons. The van der Waals surface area contributed by atoms with Gasteiger partial charge in [-0.05, 0) is 79.5 Å². The van der Waals surface area contributed by atoms with Crippen molar-refractivity contribution >= 4 is 5.78 Å². The third kappa shape index (κ3) is 2.51. The first kappa shape index (κ1) is 18.7. The Hall–Kier alpha value is -2.33. The maximum absolute atomic E-state index is 13.4. The maximum Gasteiger partial charge on any atom is 0.194 e. The van der Waals surface area contributed by atoms with Crippen molar-refractivity contribution in [2.75, 3.05) is 0 Å². The molecule has 0 amide bonds. The Bertz CT molecular complexity index is 968. The van der Waals surface area contributed by atoms with Crippen molar-refractivity contribution in [3.05, 3.63) is 59.2 Å². The summed E-state index contributed by atoms with van der Waals surface area (Å²) in [5.74, 6) is 0.745. The Morgan fingerprint density at radius 2 is 1.72 bits per heavy atom. The van der Waals surface area contributed by atoms with E-state index in [1.807, 2.05) is 18.2 Å². The molecule has 2 saturated carbocycles. The van der Waals surface area contributed by atoms with E-state index < -0.39 is 11.0 Å². The number of aromatic hydroxyl groups is 2. The summed E-state index contributed by atoms with van der Waals surface area (Å²) >= 11 is 0. The van der Waals surface area contributed by atoms with Gasteiger partial charge in [0.05, 0.1) is 0 Å². The van der Waals surface area contributed by atoms with Gasteiger partial charge in [0.1, 0.15) is 5.60 Å². The van der Waals surface area contributed by atoms with Gasteiger partial charge in [0.15, 0.2) is 17.3 Å². The fourth-order valence-electron chi connectivity index (χ4n) is 6.81. The van der Waals surface area contributed by atoms with E-state index >= 15 is 0 Å². The number of phenols is 2. The Labute approximate surface area is 171 Å². The number of hydrogen-bond acceptors (Lipinski definition) is 4. The van der Waals surface area contributed by atoms with Crippen LogP contribution in [0.5, 0.6) is 11.5 Å². The van der Waals surface area contributed by atoms with Gasteiger partial charge in [0.25, 0.3) is 0 Å². The van der Waals surface area contributed by atoms with Crippen LogP contribution in [0.25, 0.3) is 0 Å². The number of carbonyl (C=O) groups is 1. The number of aryl methyl sites for hydroxylation is 1. The molecule has 2 fully saturated rings. The normalized spacial score (nSPS) is 35.4. The molecule has 3 aliphatic rings. The minimum absolute atomic E-state index is 0.0495. The minimum atomic E-state index is -1.32. The van der Waals surface area contributed by atoms with E-state index in [0.29, 0.717) is 23.8 Å². The van der Waals surface area contributed by atoms with Gasteiger partial charge < -0.3 is 15.3 Å². The summed E-state index contributed by atoms with van der Waals surface area (Å²) in [7, 11) is 0. The minimum Gasteiger partial charge on any atom is -0.504 e. The summed E-state index contributed by atoms with van der Waals surface area (Å²) in [5.41, 5.74) is 1.11. The zero-order valence-corrected chi connectivity index (χ0v) is 16.8. The predicted molar refractivity (Wildman–Crippen MR) is 110 cm³/mol. The van der Waals surface area contributed by atoms with Crippen LogP contribution in [0.1, 0.15) is 66.4 Å². The van der Waals surface area contributed by atoms with Crippen LogP contribution in [0.2, 0.25) is 0 Å². The van der Waals surface area contributed by atoms with E-state index in [0.717, 1.165) is 43.2 Å². The summed E-state index contributed by atoms with van der Waals surface area (Å²) in [4.78, 5) is 13.4. The lowest BCUT2D eigenvalue weighted by atomic mass is 9.52. The Morgan fingerprint density at radius 3 is 2.48 bits per heavy atom. The van der Waals surface area contributed by atoms with E-state index in [4.69, 9.17) is 0 Å². The van der Waals surface area contributed by atoms with Gasteiger partial charge >= 0.3 is 0 Å². The van der Waals surface area contributed by atoms with Crippen molar-refractivity contribution in [1.29, 1.82) is 0 Å². The fraction of sp³-hybridized carbons (Fsp3) is 0.480. The number of ketones is 1. The van der Waals surface area contributed by atoms with E-state index in [-0.39, 0.29) is 23.2 Å². The van der Waals surface area contributed by atoms with Crippen LogP contribution in [0.15, 0.2) is 42.5 Å². The van der Waals surface area contributed by atoms with Crippen LogP contribution in [0, 0.1) is 17.3 Å². The lowest BCUT2D eigenvalue weighted by Gasteiger charge is -2.52. The molecule has 0 saturated heterocycles. The number of Topliss-reactive ketones (excluding diaryl/α,β-unsaturated/α-hetero) is 1. The molecular weight excluding hydrogens is 364 g/mol.